The van der Waals surface area contributed by atoms with Gasteiger partial charge in [0.2, 0.25) is 0 Å². The van der Waals surface area contributed by atoms with Crippen molar-refractivity contribution in [3.8, 4) is 0 Å². The van der Waals surface area contributed by atoms with E-state index in [0.717, 1.165) is 6.07 Å². The maximum absolute atomic E-state index is 10.4. The summed E-state index contributed by atoms with van der Waals surface area (Å²) in [5, 5.41) is 18.8. The molecule has 0 radical (unpaired) electrons. The van der Waals surface area contributed by atoms with Crippen molar-refractivity contribution in [1.29, 1.82) is 0 Å². The Morgan fingerprint density at radius 1 is 1.38 bits per heavy atom. The van der Waals surface area contributed by atoms with E-state index in [9.17, 15) is 9.59 Å². The summed E-state index contributed by atoms with van der Waals surface area (Å²) in [4.78, 5) is 24.2. The fourth-order valence-electron chi connectivity index (χ4n) is 0.741. The number of nitrogens with zero attached hydrogens (tertiary/aromatic N) is 1. The van der Waals surface area contributed by atoms with Gasteiger partial charge in [0.1, 0.15) is 5.82 Å². The minimum atomic E-state index is -1.28. The molecule has 0 atom stereocenters. The number of hydrogen-bond donors (Lipinski definition) is 3. The summed E-state index contributed by atoms with van der Waals surface area (Å²) in [5.41, 5.74) is -0.0150. The molecule has 3 N–H and O–H groups in total. The molecule has 1 rings (SSSR count). The number of carbonyl (C=O) groups is 2. The van der Waals surface area contributed by atoms with Crippen LogP contribution < -0.4 is 5.32 Å². The summed E-state index contributed by atoms with van der Waals surface area (Å²) in [6.45, 7) is 0. The second-order valence-corrected chi connectivity index (χ2v) is 2.17. The Kier molecular flexibility index (Phi) is 2.44. The highest BCUT2D eigenvalue weighted by Crippen LogP contribution is 2.06. The van der Waals surface area contributed by atoms with Gasteiger partial charge in [-0.2, -0.15) is 0 Å². The van der Waals surface area contributed by atoms with Gasteiger partial charge in [-0.3, -0.25) is 5.32 Å². The van der Waals surface area contributed by atoms with Gasteiger partial charge in [-0.05, 0) is 12.1 Å². The number of pyridine rings is 1. The van der Waals surface area contributed by atoms with Crippen LogP contribution in [0, 0.1) is 0 Å². The molecule has 0 aliphatic rings. The lowest BCUT2D eigenvalue weighted by Gasteiger charge is -1.99. The van der Waals surface area contributed by atoms with Crippen LogP contribution in [0.4, 0.5) is 10.6 Å². The van der Waals surface area contributed by atoms with E-state index < -0.39 is 12.1 Å². The second kappa shape index (κ2) is 3.53. The van der Waals surface area contributed by atoms with Gasteiger partial charge in [0.15, 0.2) is 0 Å². The molecular weight excluding hydrogens is 176 g/mol. The predicted molar refractivity (Wildman–Crippen MR) is 42.8 cm³/mol. The normalized spacial score (nSPS) is 9.23. The van der Waals surface area contributed by atoms with E-state index in [1.54, 1.807) is 0 Å². The lowest BCUT2D eigenvalue weighted by molar-refractivity contribution is 0.0696. The number of anilines is 1. The molecule has 0 aliphatic heterocycles. The topological polar surface area (TPSA) is 99.5 Å². The SMILES string of the molecule is O=C(O)Nc1cc(C(=O)O)ccn1. The molecule has 0 saturated heterocycles. The summed E-state index contributed by atoms with van der Waals surface area (Å²) < 4.78 is 0. The van der Waals surface area contributed by atoms with Gasteiger partial charge in [-0.1, -0.05) is 0 Å². The van der Waals surface area contributed by atoms with Gasteiger partial charge in [0.05, 0.1) is 5.56 Å². The van der Waals surface area contributed by atoms with Crippen LogP contribution in [0.15, 0.2) is 18.3 Å². The smallest absolute Gasteiger partial charge is 0.410 e. The van der Waals surface area contributed by atoms with Gasteiger partial charge < -0.3 is 10.2 Å². The highest BCUT2D eigenvalue weighted by molar-refractivity contribution is 5.90. The molecule has 0 unspecified atom stereocenters. The second-order valence-electron chi connectivity index (χ2n) is 2.17. The van der Waals surface area contributed by atoms with Gasteiger partial charge >= 0.3 is 12.1 Å². The van der Waals surface area contributed by atoms with E-state index >= 15 is 0 Å². The van der Waals surface area contributed by atoms with Crippen LogP contribution in [0.3, 0.4) is 0 Å². The van der Waals surface area contributed by atoms with Crippen molar-refractivity contribution >= 4 is 17.9 Å². The molecule has 1 amide bonds. The Morgan fingerprint density at radius 3 is 2.62 bits per heavy atom. The molecule has 6 heteroatoms. The van der Waals surface area contributed by atoms with Gasteiger partial charge in [-0.15, -0.1) is 0 Å². The summed E-state index contributed by atoms with van der Waals surface area (Å²) in [5.74, 6) is -1.14. The third-order valence-corrected chi connectivity index (χ3v) is 1.24. The van der Waals surface area contributed by atoms with Crippen LogP contribution in [0.25, 0.3) is 0 Å². The number of rotatable bonds is 2. The Labute approximate surface area is 72.8 Å². The van der Waals surface area contributed by atoms with E-state index in [2.05, 4.69) is 4.98 Å². The molecule has 1 aromatic rings. The Hall–Kier alpha value is -2.11. The van der Waals surface area contributed by atoms with Crippen LogP contribution in [0.5, 0.6) is 0 Å². The van der Waals surface area contributed by atoms with Crippen LogP contribution in [-0.2, 0) is 0 Å². The zero-order chi connectivity index (χ0) is 9.84. The van der Waals surface area contributed by atoms with Crippen LogP contribution in [-0.4, -0.2) is 27.3 Å². The standard InChI is InChI=1S/C7H6N2O4/c10-6(11)4-1-2-8-5(3-4)9-7(12)13/h1-3H,(H,8,9)(H,10,11)(H,12,13). The summed E-state index contributed by atoms with van der Waals surface area (Å²) >= 11 is 0. The van der Waals surface area contributed by atoms with E-state index in [1.807, 2.05) is 5.32 Å². The first-order valence-electron chi connectivity index (χ1n) is 3.29. The van der Waals surface area contributed by atoms with E-state index in [-0.39, 0.29) is 11.4 Å². The first-order valence-corrected chi connectivity index (χ1v) is 3.29. The highest BCUT2D eigenvalue weighted by atomic mass is 16.4. The van der Waals surface area contributed by atoms with Crippen LogP contribution in [0.1, 0.15) is 10.4 Å². The fraction of sp³-hybridized carbons (Fsp3) is 0. The molecular formula is C7H6N2O4. The zero-order valence-electron chi connectivity index (χ0n) is 6.39. The Morgan fingerprint density at radius 2 is 2.08 bits per heavy atom. The van der Waals surface area contributed by atoms with Crippen molar-refractivity contribution in [1.82, 2.24) is 4.98 Å². The van der Waals surface area contributed by atoms with E-state index in [4.69, 9.17) is 10.2 Å². The summed E-state index contributed by atoms with van der Waals surface area (Å²) in [7, 11) is 0. The molecule has 0 aromatic carbocycles. The molecule has 0 saturated carbocycles. The number of amides is 1. The minimum absolute atomic E-state index is 0.00704. The third-order valence-electron chi connectivity index (χ3n) is 1.24. The zero-order valence-corrected chi connectivity index (χ0v) is 6.39. The lowest BCUT2D eigenvalue weighted by atomic mass is 10.3. The maximum atomic E-state index is 10.4. The average molecular weight is 182 g/mol. The largest absolute Gasteiger partial charge is 0.478 e. The first kappa shape index (κ1) is 8.98. The Balaban J connectivity index is 2.91. The number of hydrogen-bond acceptors (Lipinski definition) is 3. The fourth-order valence-corrected chi connectivity index (χ4v) is 0.741. The monoisotopic (exact) mass is 182 g/mol. The molecule has 1 aromatic heterocycles. The van der Waals surface area contributed by atoms with Gasteiger partial charge in [-0.25, -0.2) is 14.6 Å². The first-order chi connectivity index (χ1) is 6.09. The van der Waals surface area contributed by atoms with Crippen molar-refractivity contribution in [2.45, 2.75) is 0 Å². The lowest BCUT2D eigenvalue weighted by Crippen LogP contribution is -2.09. The van der Waals surface area contributed by atoms with Crippen molar-refractivity contribution in [3.63, 3.8) is 0 Å². The molecule has 0 aliphatic carbocycles. The number of aromatic carboxylic acids is 1. The van der Waals surface area contributed by atoms with Gasteiger partial charge in [0, 0.05) is 6.20 Å². The average Bonchev–Trinajstić information content (AvgIpc) is 2.03. The number of carboxylic acid groups (broad SMARTS) is 2. The molecule has 0 fully saturated rings. The minimum Gasteiger partial charge on any atom is -0.478 e. The third kappa shape index (κ3) is 2.44. The molecule has 0 bridgehead atoms. The van der Waals surface area contributed by atoms with Crippen molar-refractivity contribution in [2.24, 2.45) is 0 Å². The van der Waals surface area contributed by atoms with Crippen LogP contribution in [0.2, 0.25) is 0 Å². The molecule has 13 heavy (non-hydrogen) atoms. The summed E-state index contributed by atoms with van der Waals surface area (Å²) in [6, 6.07) is 2.41. The molecule has 0 spiro atoms. The quantitative estimate of drug-likeness (QED) is 0.630. The van der Waals surface area contributed by atoms with E-state index in [1.165, 1.54) is 12.3 Å². The van der Waals surface area contributed by atoms with Gasteiger partial charge in [0.25, 0.3) is 0 Å². The molecule has 68 valence electrons. The highest BCUT2D eigenvalue weighted by Gasteiger charge is 2.05. The predicted octanol–water partition coefficient (Wildman–Crippen LogP) is 0.870. The summed E-state index contributed by atoms with van der Waals surface area (Å²) in [6.07, 6.45) is -0.0654. The molecule has 1 heterocycles. The number of aromatic nitrogens is 1. The number of carboxylic acids is 1. The van der Waals surface area contributed by atoms with Crippen molar-refractivity contribution < 1.29 is 19.8 Å². The van der Waals surface area contributed by atoms with E-state index in [0.29, 0.717) is 0 Å². The Bertz CT molecular complexity index is 350. The maximum Gasteiger partial charge on any atom is 0.410 e. The van der Waals surface area contributed by atoms with Crippen LogP contribution >= 0.6 is 0 Å². The molecule has 6 nitrogen and oxygen atoms in total. The van der Waals surface area contributed by atoms with Crippen molar-refractivity contribution in [2.75, 3.05) is 5.32 Å². The van der Waals surface area contributed by atoms with Crippen molar-refractivity contribution in [3.05, 3.63) is 23.9 Å². The number of nitrogens with one attached hydrogen (secondary N) is 1.